The number of carboxylic acid groups (broad SMARTS) is 1. The number of rotatable bonds is 7. The zero-order valence-electron chi connectivity index (χ0n) is 10.9. The molecule has 6 nitrogen and oxygen atoms in total. The Morgan fingerprint density at radius 2 is 1.89 bits per heavy atom. The third-order valence-electron chi connectivity index (χ3n) is 2.45. The fourth-order valence-electron chi connectivity index (χ4n) is 1.49. The van der Waals surface area contributed by atoms with Gasteiger partial charge >= 0.3 is 5.97 Å². The van der Waals surface area contributed by atoms with Gasteiger partial charge in [-0.2, -0.15) is 0 Å². The number of carbonyl (C=O) groups excluding carboxylic acids is 1. The predicted molar refractivity (Wildman–Crippen MR) is 68.0 cm³/mol. The summed E-state index contributed by atoms with van der Waals surface area (Å²) in [6.45, 7) is 1.08. The highest BCUT2D eigenvalue weighted by Crippen LogP contribution is 2.16. The Morgan fingerprint density at radius 1 is 1.26 bits per heavy atom. The number of benzene rings is 1. The number of hydrogen-bond donors (Lipinski definition) is 2. The van der Waals surface area contributed by atoms with E-state index in [2.05, 4.69) is 5.32 Å². The van der Waals surface area contributed by atoms with Crippen LogP contribution in [0.15, 0.2) is 24.3 Å². The summed E-state index contributed by atoms with van der Waals surface area (Å²) in [5.74, 6) is -0.715. The molecule has 1 aromatic rings. The first-order valence-electron chi connectivity index (χ1n) is 5.75. The number of hydrogen-bond acceptors (Lipinski definition) is 4. The molecule has 1 atom stereocenters. The van der Waals surface area contributed by atoms with E-state index in [4.69, 9.17) is 14.6 Å². The molecule has 0 fully saturated rings. The molecule has 1 aromatic carbocycles. The van der Waals surface area contributed by atoms with Crippen molar-refractivity contribution in [1.29, 1.82) is 0 Å². The summed E-state index contributed by atoms with van der Waals surface area (Å²) < 4.78 is 9.74. The fourth-order valence-corrected chi connectivity index (χ4v) is 1.49. The van der Waals surface area contributed by atoms with Crippen LogP contribution in [0.1, 0.15) is 18.5 Å². The van der Waals surface area contributed by atoms with Gasteiger partial charge < -0.3 is 19.9 Å². The number of methoxy groups -OCH3 is 1. The van der Waals surface area contributed by atoms with Crippen molar-refractivity contribution in [3.8, 4) is 5.75 Å². The SMILES string of the molecule is COc1ccc(C(C)NC(=O)COCC(=O)O)cc1. The summed E-state index contributed by atoms with van der Waals surface area (Å²) in [5, 5.41) is 11.1. The lowest BCUT2D eigenvalue weighted by Gasteiger charge is -2.14. The molecule has 104 valence electrons. The van der Waals surface area contributed by atoms with Crippen LogP contribution in [0, 0.1) is 0 Å². The first-order valence-corrected chi connectivity index (χ1v) is 5.75. The highest BCUT2D eigenvalue weighted by atomic mass is 16.5. The van der Waals surface area contributed by atoms with Crippen LogP contribution in [0.25, 0.3) is 0 Å². The normalized spacial score (nSPS) is 11.7. The van der Waals surface area contributed by atoms with Crippen LogP contribution in [0.4, 0.5) is 0 Å². The average molecular weight is 267 g/mol. The summed E-state index contributed by atoms with van der Waals surface area (Å²) in [5.41, 5.74) is 0.924. The quantitative estimate of drug-likeness (QED) is 0.769. The molecule has 19 heavy (non-hydrogen) atoms. The van der Waals surface area contributed by atoms with E-state index >= 15 is 0 Å². The van der Waals surface area contributed by atoms with Crippen molar-refractivity contribution in [2.75, 3.05) is 20.3 Å². The molecule has 0 aliphatic heterocycles. The van der Waals surface area contributed by atoms with Gasteiger partial charge in [0.1, 0.15) is 19.0 Å². The van der Waals surface area contributed by atoms with Crippen LogP contribution < -0.4 is 10.1 Å². The van der Waals surface area contributed by atoms with Crippen LogP contribution in [0.2, 0.25) is 0 Å². The predicted octanol–water partition coefficient (Wildman–Crippen LogP) is 0.974. The van der Waals surface area contributed by atoms with Gasteiger partial charge in [-0.3, -0.25) is 4.79 Å². The maximum Gasteiger partial charge on any atom is 0.329 e. The Labute approximate surface area is 111 Å². The Hall–Kier alpha value is -2.08. The Kier molecular flexibility index (Phi) is 5.81. The maximum atomic E-state index is 11.5. The summed E-state index contributed by atoms with van der Waals surface area (Å²) in [6, 6.07) is 7.12. The Balaban J connectivity index is 2.42. The second kappa shape index (κ2) is 7.38. The van der Waals surface area contributed by atoms with Crippen molar-refractivity contribution in [3.63, 3.8) is 0 Å². The number of carbonyl (C=O) groups is 2. The van der Waals surface area contributed by atoms with E-state index in [9.17, 15) is 9.59 Å². The molecule has 0 saturated carbocycles. The van der Waals surface area contributed by atoms with Crippen LogP contribution >= 0.6 is 0 Å². The van der Waals surface area contributed by atoms with E-state index in [1.165, 1.54) is 0 Å². The van der Waals surface area contributed by atoms with Gasteiger partial charge in [-0.25, -0.2) is 4.79 Å². The van der Waals surface area contributed by atoms with Gasteiger partial charge in [-0.1, -0.05) is 12.1 Å². The van der Waals surface area contributed by atoms with Crippen LogP contribution in [-0.4, -0.2) is 37.3 Å². The smallest absolute Gasteiger partial charge is 0.329 e. The number of amides is 1. The maximum absolute atomic E-state index is 11.5. The third kappa shape index (κ3) is 5.39. The summed E-state index contributed by atoms with van der Waals surface area (Å²) in [7, 11) is 1.58. The van der Waals surface area contributed by atoms with E-state index in [1.54, 1.807) is 19.2 Å². The van der Waals surface area contributed by atoms with E-state index in [0.717, 1.165) is 11.3 Å². The summed E-state index contributed by atoms with van der Waals surface area (Å²) in [6.07, 6.45) is 0. The number of aliphatic carboxylic acids is 1. The zero-order chi connectivity index (χ0) is 14.3. The van der Waals surface area contributed by atoms with Crippen LogP contribution in [0.5, 0.6) is 5.75 Å². The summed E-state index contributed by atoms with van der Waals surface area (Å²) >= 11 is 0. The molecule has 0 heterocycles. The van der Waals surface area contributed by atoms with Crippen molar-refractivity contribution in [1.82, 2.24) is 5.32 Å². The Bertz CT molecular complexity index is 429. The van der Waals surface area contributed by atoms with Gasteiger partial charge in [0.15, 0.2) is 0 Å². The van der Waals surface area contributed by atoms with Crippen molar-refractivity contribution in [2.45, 2.75) is 13.0 Å². The minimum absolute atomic E-state index is 0.188. The monoisotopic (exact) mass is 267 g/mol. The number of carboxylic acids is 1. The molecule has 1 rings (SSSR count). The van der Waals surface area contributed by atoms with Crippen molar-refractivity contribution < 1.29 is 24.2 Å². The lowest BCUT2D eigenvalue weighted by Crippen LogP contribution is -2.30. The lowest BCUT2D eigenvalue weighted by atomic mass is 10.1. The van der Waals surface area contributed by atoms with Gasteiger partial charge in [0.05, 0.1) is 13.2 Å². The fraction of sp³-hybridized carbons (Fsp3) is 0.385. The standard InChI is InChI=1S/C13H17NO5/c1-9(10-3-5-11(18-2)6-4-10)14-12(15)7-19-8-13(16)17/h3-6,9H,7-8H2,1-2H3,(H,14,15)(H,16,17). The first kappa shape index (κ1) is 15.0. The molecule has 2 N–H and O–H groups in total. The molecule has 0 aromatic heterocycles. The molecule has 0 bridgehead atoms. The second-order valence-corrected chi connectivity index (χ2v) is 3.95. The van der Waals surface area contributed by atoms with Crippen molar-refractivity contribution in [2.24, 2.45) is 0 Å². The van der Waals surface area contributed by atoms with E-state index < -0.39 is 12.6 Å². The van der Waals surface area contributed by atoms with Gasteiger partial charge in [0.2, 0.25) is 5.91 Å². The molecule has 0 saturated heterocycles. The largest absolute Gasteiger partial charge is 0.497 e. The first-order chi connectivity index (χ1) is 9.02. The molecule has 0 aliphatic rings. The molecule has 0 spiro atoms. The lowest BCUT2D eigenvalue weighted by molar-refractivity contribution is -0.143. The van der Waals surface area contributed by atoms with Crippen LogP contribution in [0.3, 0.4) is 0 Å². The molecular weight excluding hydrogens is 250 g/mol. The third-order valence-corrected chi connectivity index (χ3v) is 2.45. The van der Waals surface area contributed by atoms with Gasteiger partial charge in [-0.15, -0.1) is 0 Å². The number of nitrogens with one attached hydrogen (secondary N) is 1. The van der Waals surface area contributed by atoms with Gasteiger partial charge in [0, 0.05) is 0 Å². The van der Waals surface area contributed by atoms with Crippen molar-refractivity contribution in [3.05, 3.63) is 29.8 Å². The number of ether oxygens (including phenoxy) is 2. The van der Waals surface area contributed by atoms with E-state index in [-0.39, 0.29) is 18.6 Å². The molecule has 0 radical (unpaired) electrons. The highest BCUT2D eigenvalue weighted by molar-refractivity contribution is 5.78. The minimum Gasteiger partial charge on any atom is -0.497 e. The van der Waals surface area contributed by atoms with Crippen LogP contribution in [-0.2, 0) is 14.3 Å². The minimum atomic E-state index is -1.10. The van der Waals surface area contributed by atoms with Gasteiger partial charge in [0.25, 0.3) is 0 Å². The van der Waals surface area contributed by atoms with E-state index in [0.29, 0.717) is 0 Å². The molecule has 6 heteroatoms. The highest BCUT2D eigenvalue weighted by Gasteiger charge is 2.10. The average Bonchev–Trinajstić information content (AvgIpc) is 2.38. The molecule has 0 aliphatic carbocycles. The molecular formula is C13H17NO5. The van der Waals surface area contributed by atoms with Gasteiger partial charge in [-0.05, 0) is 24.6 Å². The molecule has 1 amide bonds. The zero-order valence-corrected chi connectivity index (χ0v) is 10.9. The summed E-state index contributed by atoms with van der Waals surface area (Å²) in [4.78, 5) is 21.7. The topological polar surface area (TPSA) is 84.9 Å². The Morgan fingerprint density at radius 3 is 2.42 bits per heavy atom. The van der Waals surface area contributed by atoms with E-state index in [1.807, 2.05) is 19.1 Å². The second-order valence-electron chi connectivity index (χ2n) is 3.95. The molecule has 1 unspecified atom stereocenters. The van der Waals surface area contributed by atoms with Crippen molar-refractivity contribution >= 4 is 11.9 Å².